The first-order chi connectivity index (χ1) is 9.33. The Bertz CT molecular complexity index is 485. The van der Waals surface area contributed by atoms with Crippen molar-refractivity contribution in [2.45, 2.75) is 26.3 Å². The van der Waals surface area contributed by atoms with Gasteiger partial charge in [0.1, 0.15) is 5.75 Å². The summed E-state index contributed by atoms with van der Waals surface area (Å²) in [5.74, 6) is 0.841. The van der Waals surface area contributed by atoms with E-state index in [0.717, 1.165) is 18.7 Å². The van der Waals surface area contributed by atoms with Gasteiger partial charge in [-0.05, 0) is 53.9 Å². The molecule has 0 aliphatic heterocycles. The van der Waals surface area contributed by atoms with E-state index in [1.165, 1.54) is 11.1 Å². The highest BCUT2D eigenvalue weighted by Gasteiger charge is 2.12. The maximum Gasteiger partial charge on any atom is 0.137 e. The molecule has 2 rings (SSSR count). The molecule has 1 N–H and O–H groups in total. The number of likely N-dealkylation sites (N-methyl/N-ethyl adjacent to an activating group) is 1. The Hall–Kier alpha value is -1.39. The minimum atomic E-state index is 0.285. The lowest BCUT2D eigenvalue weighted by atomic mass is 10.0. The van der Waals surface area contributed by atoms with Crippen LogP contribution >= 0.6 is 11.3 Å². The second-order valence-corrected chi connectivity index (χ2v) is 5.11. The van der Waals surface area contributed by atoms with Crippen LogP contribution in [0.5, 0.6) is 5.75 Å². The summed E-state index contributed by atoms with van der Waals surface area (Å²) in [6.45, 7) is 5.72. The molecule has 0 bridgehead atoms. The summed E-state index contributed by atoms with van der Waals surface area (Å²) < 4.78 is 5.52. The Kier molecular flexibility index (Phi) is 5.36. The Morgan fingerprint density at radius 2 is 2.26 bits per heavy atom. The molecule has 2 aromatic rings. The first kappa shape index (κ1) is 14.0. The highest BCUT2D eigenvalue weighted by Crippen LogP contribution is 2.22. The predicted octanol–water partition coefficient (Wildman–Crippen LogP) is 3.44. The van der Waals surface area contributed by atoms with Gasteiger partial charge in [0, 0.05) is 12.2 Å². The molecule has 19 heavy (non-hydrogen) atoms. The molecule has 0 aromatic carbocycles. The molecular formula is C15H20N2OS. The summed E-state index contributed by atoms with van der Waals surface area (Å²) in [7, 11) is 0. The van der Waals surface area contributed by atoms with Crippen molar-refractivity contribution < 1.29 is 4.74 Å². The monoisotopic (exact) mass is 276 g/mol. The Morgan fingerprint density at radius 1 is 1.37 bits per heavy atom. The number of rotatable bonds is 7. The molecule has 0 amide bonds. The summed E-state index contributed by atoms with van der Waals surface area (Å²) in [5.41, 5.74) is 2.54. The van der Waals surface area contributed by atoms with Gasteiger partial charge in [-0.2, -0.15) is 11.3 Å². The van der Waals surface area contributed by atoms with Crippen LogP contribution in [0.3, 0.4) is 0 Å². The molecule has 4 heteroatoms. The topological polar surface area (TPSA) is 34.2 Å². The van der Waals surface area contributed by atoms with Gasteiger partial charge in [-0.1, -0.05) is 6.92 Å². The Balaban J connectivity index is 2.15. The summed E-state index contributed by atoms with van der Waals surface area (Å²) in [4.78, 5) is 4.27. The van der Waals surface area contributed by atoms with Gasteiger partial charge in [0.2, 0.25) is 0 Å². The maximum atomic E-state index is 5.52. The third-order valence-corrected chi connectivity index (χ3v) is 3.65. The number of hydrogen-bond donors (Lipinski definition) is 1. The summed E-state index contributed by atoms with van der Waals surface area (Å²) in [6, 6.07) is 4.54. The number of pyridine rings is 1. The highest BCUT2D eigenvalue weighted by atomic mass is 32.1. The quantitative estimate of drug-likeness (QED) is 0.841. The molecule has 2 heterocycles. The molecule has 2 aromatic heterocycles. The fourth-order valence-electron chi connectivity index (χ4n) is 2.07. The third kappa shape index (κ3) is 4.04. The fourth-order valence-corrected chi connectivity index (χ4v) is 2.75. The van der Waals surface area contributed by atoms with Crippen molar-refractivity contribution in [2.75, 3.05) is 13.2 Å². The normalized spacial score (nSPS) is 12.3. The molecule has 1 unspecified atom stereocenters. The van der Waals surface area contributed by atoms with Crippen LogP contribution < -0.4 is 10.1 Å². The van der Waals surface area contributed by atoms with Crippen molar-refractivity contribution in [1.82, 2.24) is 10.3 Å². The number of nitrogens with one attached hydrogen (secondary N) is 1. The van der Waals surface area contributed by atoms with Gasteiger partial charge >= 0.3 is 0 Å². The van der Waals surface area contributed by atoms with Gasteiger partial charge < -0.3 is 10.1 Å². The molecule has 0 saturated carbocycles. The first-order valence-electron chi connectivity index (χ1n) is 6.65. The van der Waals surface area contributed by atoms with Crippen molar-refractivity contribution in [2.24, 2.45) is 0 Å². The van der Waals surface area contributed by atoms with E-state index in [1.54, 1.807) is 17.5 Å². The van der Waals surface area contributed by atoms with Crippen LogP contribution in [0.2, 0.25) is 0 Å². The van der Waals surface area contributed by atoms with Gasteiger partial charge in [-0.25, -0.2) is 0 Å². The molecule has 0 radical (unpaired) electrons. The lowest BCUT2D eigenvalue weighted by Gasteiger charge is -2.18. The molecule has 1 atom stereocenters. The lowest BCUT2D eigenvalue weighted by Crippen LogP contribution is -2.23. The van der Waals surface area contributed by atoms with Gasteiger partial charge in [-0.15, -0.1) is 0 Å². The van der Waals surface area contributed by atoms with Crippen molar-refractivity contribution in [3.63, 3.8) is 0 Å². The van der Waals surface area contributed by atoms with Crippen molar-refractivity contribution >= 4 is 11.3 Å². The van der Waals surface area contributed by atoms with Gasteiger partial charge in [0.25, 0.3) is 0 Å². The van der Waals surface area contributed by atoms with Crippen LogP contribution in [0.1, 0.15) is 31.0 Å². The predicted molar refractivity (Wildman–Crippen MR) is 79.8 cm³/mol. The second-order valence-electron chi connectivity index (χ2n) is 4.33. The van der Waals surface area contributed by atoms with E-state index in [9.17, 15) is 0 Å². The van der Waals surface area contributed by atoms with E-state index in [2.05, 4.69) is 40.1 Å². The standard InChI is InChI=1S/C15H20N2OS/c1-3-17-15(7-12-5-6-19-11-12)13-8-14(18-4-2)10-16-9-13/h5-6,8-11,15,17H,3-4,7H2,1-2H3. The van der Waals surface area contributed by atoms with Crippen LogP contribution in [0.4, 0.5) is 0 Å². The average Bonchev–Trinajstić information content (AvgIpc) is 2.92. The second kappa shape index (κ2) is 7.26. The largest absolute Gasteiger partial charge is 0.492 e. The molecule has 0 spiro atoms. The van der Waals surface area contributed by atoms with Gasteiger partial charge in [-0.3, -0.25) is 4.98 Å². The minimum Gasteiger partial charge on any atom is -0.492 e. The van der Waals surface area contributed by atoms with E-state index in [-0.39, 0.29) is 6.04 Å². The summed E-state index contributed by atoms with van der Waals surface area (Å²) in [5, 5.41) is 7.83. The lowest BCUT2D eigenvalue weighted by molar-refractivity contribution is 0.338. The average molecular weight is 276 g/mol. The maximum absolute atomic E-state index is 5.52. The molecule has 3 nitrogen and oxygen atoms in total. The number of aromatic nitrogens is 1. The van der Waals surface area contributed by atoms with Crippen LogP contribution in [0.15, 0.2) is 35.3 Å². The fraction of sp³-hybridized carbons (Fsp3) is 0.400. The van der Waals surface area contributed by atoms with E-state index >= 15 is 0 Å². The smallest absolute Gasteiger partial charge is 0.137 e. The van der Waals surface area contributed by atoms with Gasteiger partial charge in [0.15, 0.2) is 0 Å². The number of hydrogen-bond acceptors (Lipinski definition) is 4. The molecular weight excluding hydrogens is 256 g/mol. The van der Waals surface area contributed by atoms with E-state index in [0.29, 0.717) is 6.61 Å². The minimum absolute atomic E-state index is 0.285. The Morgan fingerprint density at radius 3 is 2.95 bits per heavy atom. The van der Waals surface area contributed by atoms with Crippen molar-refractivity contribution in [1.29, 1.82) is 0 Å². The van der Waals surface area contributed by atoms with Gasteiger partial charge in [0.05, 0.1) is 12.8 Å². The molecule has 0 aliphatic carbocycles. The van der Waals surface area contributed by atoms with Crippen LogP contribution in [-0.4, -0.2) is 18.1 Å². The SMILES string of the molecule is CCNC(Cc1ccsc1)c1cncc(OCC)c1. The van der Waals surface area contributed by atoms with Crippen LogP contribution in [0, 0.1) is 0 Å². The number of thiophene rings is 1. The first-order valence-corrected chi connectivity index (χ1v) is 7.60. The zero-order valence-corrected chi connectivity index (χ0v) is 12.2. The van der Waals surface area contributed by atoms with Crippen LogP contribution in [-0.2, 0) is 6.42 Å². The molecule has 0 saturated heterocycles. The van der Waals surface area contributed by atoms with E-state index in [1.807, 2.05) is 13.1 Å². The van der Waals surface area contributed by atoms with Crippen molar-refractivity contribution in [3.05, 3.63) is 46.4 Å². The summed E-state index contributed by atoms with van der Waals surface area (Å²) >= 11 is 1.74. The zero-order chi connectivity index (χ0) is 13.5. The summed E-state index contributed by atoms with van der Waals surface area (Å²) in [6.07, 6.45) is 4.66. The van der Waals surface area contributed by atoms with Crippen LogP contribution in [0.25, 0.3) is 0 Å². The zero-order valence-electron chi connectivity index (χ0n) is 11.4. The molecule has 0 fully saturated rings. The van der Waals surface area contributed by atoms with E-state index < -0.39 is 0 Å². The van der Waals surface area contributed by atoms with Crippen molar-refractivity contribution in [3.8, 4) is 5.75 Å². The number of ether oxygens (including phenoxy) is 1. The number of nitrogens with zero attached hydrogens (tertiary/aromatic N) is 1. The Labute approximate surface area is 118 Å². The molecule has 102 valence electrons. The van der Waals surface area contributed by atoms with E-state index in [4.69, 9.17) is 4.74 Å². The molecule has 0 aliphatic rings. The highest BCUT2D eigenvalue weighted by molar-refractivity contribution is 7.07. The third-order valence-electron chi connectivity index (χ3n) is 2.92.